The molecule has 0 N–H and O–H groups in total. The summed E-state index contributed by atoms with van der Waals surface area (Å²) in [6.45, 7) is 2.39. The van der Waals surface area contributed by atoms with Crippen molar-refractivity contribution in [1.82, 2.24) is 4.90 Å². The van der Waals surface area contributed by atoms with Crippen LogP contribution in [0.5, 0.6) is 0 Å². The van der Waals surface area contributed by atoms with Gasteiger partial charge in [-0.2, -0.15) is 5.26 Å². The van der Waals surface area contributed by atoms with E-state index in [9.17, 15) is 4.79 Å². The SMILES string of the molecule is Cc1ccc2c(c1)CN(C#N)C2=O. The first-order valence-electron chi connectivity index (χ1n) is 4.03. The molecule has 13 heavy (non-hydrogen) atoms. The van der Waals surface area contributed by atoms with E-state index in [1.807, 2.05) is 25.2 Å². The molecule has 1 aliphatic rings. The predicted molar refractivity (Wildman–Crippen MR) is 46.7 cm³/mol. The first-order chi connectivity index (χ1) is 6.22. The van der Waals surface area contributed by atoms with Crippen LogP contribution in [0.4, 0.5) is 0 Å². The number of carbonyl (C=O) groups is 1. The Kier molecular flexibility index (Phi) is 1.56. The lowest BCUT2D eigenvalue weighted by Crippen LogP contribution is -2.16. The molecular weight excluding hydrogens is 164 g/mol. The van der Waals surface area contributed by atoms with Crippen LogP contribution in [0.3, 0.4) is 0 Å². The summed E-state index contributed by atoms with van der Waals surface area (Å²) in [5.41, 5.74) is 2.73. The average Bonchev–Trinajstić information content (AvgIpc) is 2.42. The standard InChI is InChI=1S/C10H8N2O/c1-7-2-3-9-8(4-7)5-12(6-11)10(9)13/h2-4H,5H2,1H3. The summed E-state index contributed by atoms with van der Waals surface area (Å²) in [6, 6.07) is 5.62. The van der Waals surface area contributed by atoms with Crippen LogP contribution < -0.4 is 0 Å². The van der Waals surface area contributed by atoms with E-state index in [4.69, 9.17) is 5.26 Å². The summed E-state index contributed by atoms with van der Waals surface area (Å²) in [5.74, 6) is -0.183. The molecular formula is C10H8N2O. The predicted octanol–water partition coefficient (Wildman–Crippen LogP) is 1.43. The van der Waals surface area contributed by atoms with Gasteiger partial charge in [0.2, 0.25) is 0 Å². The van der Waals surface area contributed by atoms with Gasteiger partial charge in [-0.3, -0.25) is 4.79 Å². The molecule has 0 bridgehead atoms. The molecule has 1 aromatic rings. The first-order valence-corrected chi connectivity index (χ1v) is 4.03. The number of hydrogen-bond donors (Lipinski definition) is 0. The Morgan fingerprint density at radius 1 is 1.54 bits per heavy atom. The number of rotatable bonds is 0. The van der Waals surface area contributed by atoms with Gasteiger partial charge in [0.25, 0.3) is 5.91 Å². The highest BCUT2D eigenvalue weighted by Gasteiger charge is 2.26. The third kappa shape index (κ3) is 1.07. The Labute approximate surface area is 76.2 Å². The van der Waals surface area contributed by atoms with Crippen molar-refractivity contribution >= 4 is 5.91 Å². The minimum absolute atomic E-state index is 0.183. The van der Waals surface area contributed by atoms with Gasteiger partial charge in [0.15, 0.2) is 6.19 Å². The van der Waals surface area contributed by atoms with Gasteiger partial charge in [0, 0.05) is 5.56 Å². The van der Waals surface area contributed by atoms with Crippen LogP contribution in [-0.2, 0) is 6.54 Å². The molecule has 64 valence electrons. The van der Waals surface area contributed by atoms with E-state index in [1.165, 1.54) is 4.90 Å². The Balaban J connectivity index is 2.51. The van der Waals surface area contributed by atoms with E-state index >= 15 is 0 Å². The van der Waals surface area contributed by atoms with Crippen LogP contribution in [0.2, 0.25) is 0 Å². The molecule has 1 amide bonds. The summed E-state index contributed by atoms with van der Waals surface area (Å²) in [4.78, 5) is 12.6. The lowest BCUT2D eigenvalue weighted by Gasteiger charge is -1.99. The Morgan fingerprint density at radius 2 is 2.31 bits per heavy atom. The molecule has 1 aromatic carbocycles. The average molecular weight is 172 g/mol. The number of nitriles is 1. The summed E-state index contributed by atoms with van der Waals surface area (Å²) in [6.07, 6.45) is 1.86. The van der Waals surface area contributed by atoms with Crippen molar-refractivity contribution in [1.29, 1.82) is 5.26 Å². The van der Waals surface area contributed by atoms with Crippen molar-refractivity contribution in [3.8, 4) is 6.19 Å². The largest absolute Gasteiger partial charge is 0.268 e. The highest BCUT2D eigenvalue weighted by atomic mass is 16.2. The molecule has 0 fully saturated rings. The second-order valence-electron chi connectivity index (χ2n) is 3.15. The van der Waals surface area contributed by atoms with Gasteiger partial charge < -0.3 is 0 Å². The molecule has 0 spiro atoms. The van der Waals surface area contributed by atoms with Gasteiger partial charge in [-0.15, -0.1) is 0 Å². The van der Waals surface area contributed by atoms with Crippen LogP contribution in [0.25, 0.3) is 0 Å². The molecule has 0 unspecified atom stereocenters. The van der Waals surface area contributed by atoms with Gasteiger partial charge in [-0.25, -0.2) is 4.90 Å². The Morgan fingerprint density at radius 3 is 3.00 bits per heavy atom. The van der Waals surface area contributed by atoms with E-state index in [2.05, 4.69) is 0 Å². The van der Waals surface area contributed by atoms with Crippen LogP contribution in [-0.4, -0.2) is 10.8 Å². The van der Waals surface area contributed by atoms with Crippen molar-refractivity contribution in [2.75, 3.05) is 0 Å². The number of amides is 1. The number of fused-ring (bicyclic) bond motifs is 1. The van der Waals surface area contributed by atoms with Crippen molar-refractivity contribution in [2.45, 2.75) is 13.5 Å². The second kappa shape index (κ2) is 2.60. The molecule has 0 radical (unpaired) electrons. The topological polar surface area (TPSA) is 44.1 Å². The highest BCUT2D eigenvalue weighted by Crippen LogP contribution is 2.22. The number of nitrogens with zero attached hydrogens (tertiary/aromatic N) is 2. The van der Waals surface area contributed by atoms with Gasteiger partial charge in [-0.05, 0) is 18.6 Å². The van der Waals surface area contributed by atoms with Gasteiger partial charge in [0.1, 0.15) is 0 Å². The molecule has 0 saturated carbocycles. The fourth-order valence-electron chi connectivity index (χ4n) is 1.53. The van der Waals surface area contributed by atoms with E-state index in [0.29, 0.717) is 12.1 Å². The van der Waals surface area contributed by atoms with E-state index < -0.39 is 0 Å². The zero-order valence-corrected chi connectivity index (χ0v) is 7.24. The number of hydrogen-bond acceptors (Lipinski definition) is 2. The zero-order chi connectivity index (χ0) is 9.42. The monoisotopic (exact) mass is 172 g/mol. The lowest BCUT2D eigenvalue weighted by atomic mass is 10.1. The van der Waals surface area contributed by atoms with Crippen molar-refractivity contribution in [2.24, 2.45) is 0 Å². The molecule has 3 nitrogen and oxygen atoms in total. The normalized spacial score (nSPS) is 14.2. The van der Waals surface area contributed by atoms with E-state index in [-0.39, 0.29) is 5.91 Å². The highest BCUT2D eigenvalue weighted by molar-refractivity contribution is 5.99. The van der Waals surface area contributed by atoms with Gasteiger partial charge >= 0.3 is 0 Å². The maximum Gasteiger partial charge on any atom is 0.267 e. The van der Waals surface area contributed by atoms with E-state index in [0.717, 1.165) is 11.1 Å². The fourth-order valence-corrected chi connectivity index (χ4v) is 1.53. The fraction of sp³-hybridized carbons (Fsp3) is 0.200. The lowest BCUT2D eigenvalue weighted by molar-refractivity contribution is 0.0852. The van der Waals surface area contributed by atoms with Gasteiger partial charge in [0.05, 0.1) is 6.54 Å². The van der Waals surface area contributed by atoms with Crippen molar-refractivity contribution < 1.29 is 4.79 Å². The molecule has 0 aliphatic carbocycles. The van der Waals surface area contributed by atoms with Crippen LogP contribution in [0.15, 0.2) is 18.2 Å². The molecule has 0 saturated heterocycles. The zero-order valence-electron chi connectivity index (χ0n) is 7.24. The number of aryl methyl sites for hydroxylation is 1. The summed E-state index contributed by atoms with van der Waals surface area (Å²) >= 11 is 0. The molecule has 1 heterocycles. The quantitative estimate of drug-likeness (QED) is 0.555. The van der Waals surface area contributed by atoms with Crippen molar-refractivity contribution in [3.63, 3.8) is 0 Å². The van der Waals surface area contributed by atoms with Crippen LogP contribution in [0, 0.1) is 18.4 Å². The Hall–Kier alpha value is -1.82. The molecule has 0 atom stereocenters. The van der Waals surface area contributed by atoms with Gasteiger partial charge in [-0.1, -0.05) is 17.7 Å². The number of carbonyl (C=O) groups excluding carboxylic acids is 1. The van der Waals surface area contributed by atoms with Crippen LogP contribution >= 0.6 is 0 Å². The first kappa shape index (κ1) is 7.81. The molecule has 2 rings (SSSR count). The summed E-state index contributed by atoms with van der Waals surface area (Å²) in [7, 11) is 0. The number of benzene rings is 1. The maximum atomic E-state index is 11.4. The Bertz CT molecular complexity index is 417. The minimum atomic E-state index is -0.183. The summed E-state index contributed by atoms with van der Waals surface area (Å²) in [5, 5.41) is 8.63. The minimum Gasteiger partial charge on any atom is -0.268 e. The second-order valence-corrected chi connectivity index (χ2v) is 3.15. The smallest absolute Gasteiger partial charge is 0.267 e. The van der Waals surface area contributed by atoms with Crippen LogP contribution in [0.1, 0.15) is 21.5 Å². The molecule has 3 heteroatoms. The molecule has 0 aromatic heterocycles. The third-order valence-electron chi connectivity index (χ3n) is 2.19. The van der Waals surface area contributed by atoms with Crippen molar-refractivity contribution in [3.05, 3.63) is 34.9 Å². The maximum absolute atomic E-state index is 11.4. The molecule has 1 aliphatic heterocycles. The summed E-state index contributed by atoms with van der Waals surface area (Å²) < 4.78 is 0. The van der Waals surface area contributed by atoms with E-state index in [1.54, 1.807) is 6.07 Å². The third-order valence-corrected chi connectivity index (χ3v) is 2.19.